The molecule has 1 N–H and O–H groups in total. The van der Waals surface area contributed by atoms with Crippen molar-refractivity contribution in [2.75, 3.05) is 11.9 Å². The van der Waals surface area contributed by atoms with Gasteiger partial charge in [0.05, 0.1) is 6.04 Å². The lowest BCUT2D eigenvalue weighted by Gasteiger charge is -2.24. The van der Waals surface area contributed by atoms with Crippen LogP contribution < -0.4 is 5.32 Å². The molecular weight excluding hydrogens is 315 g/mol. The van der Waals surface area contributed by atoms with Crippen molar-refractivity contribution in [1.29, 1.82) is 0 Å². The molecule has 1 aromatic carbocycles. The van der Waals surface area contributed by atoms with Gasteiger partial charge < -0.3 is 4.90 Å². The first-order valence-corrected chi connectivity index (χ1v) is 8.64. The maximum absolute atomic E-state index is 13.4. The summed E-state index contributed by atoms with van der Waals surface area (Å²) in [5, 5.41) is 12.3. The first-order chi connectivity index (χ1) is 11.2. The fourth-order valence-corrected chi connectivity index (χ4v) is 3.68. The minimum Gasteiger partial charge on any atom is -0.317 e. The number of benzene rings is 1. The summed E-state index contributed by atoms with van der Waals surface area (Å²) in [5.74, 6) is -0.275. The SMILES string of the molecule is CCCc1nnc(NC(=O)N2CCCC2c2cccc(F)c2)s1. The van der Waals surface area contributed by atoms with Crippen LogP contribution in [0.5, 0.6) is 0 Å². The van der Waals surface area contributed by atoms with Crippen LogP contribution in [-0.2, 0) is 6.42 Å². The Bertz CT molecular complexity index is 690. The van der Waals surface area contributed by atoms with E-state index < -0.39 is 0 Å². The molecule has 1 aliphatic rings. The van der Waals surface area contributed by atoms with Gasteiger partial charge >= 0.3 is 6.03 Å². The zero-order valence-corrected chi connectivity index (χ0v) is 13.8. The molecule has 1 atom stereocenters. The third-order valence-electron chi connectivity index (χ3n) is 3.89. The van der Waals surface area contributed by atoms with Crippen molar-refractivity contribution < 1.29 is 9.18 Å². The second-order valence-electron chi connectivity index (χ2n) is 5.59. The molecule has 2 amide bonds. The van der Waals surface area contributed by atoms with Gasteiger partial charge in [0.15, 0.2) is 0 Å². The molecule has 122 valence electrons. The summed E-state index contributed by atoms with van der Waals surface area (Å²) in [7, 11) is 0. The van der Waals surface area contributed by atoms with E-state index >= 15 is 0 Å². The molecule has 1 unspecified atom stereocenters. The molecule has 2 aromatic rings. The maximum Gasteiger partial charge on any atom is 0.324 e. The second kappa shape index (κ2) is 7.04. The number of aromatic nitrogens is 2. The van der Waals surface area contributed by atoms with E-state index in [1.54, 1.807) is 11.0 Å². The van der Waals surface area contributed by atoms with Crippen molar-refractivity contribution in [3.63, 3.8) is 0 Å². The van der Waals surface area contributed by atoms with Crippen molar-refractivity contribution in [3.8, 4) is 0 Å². The first-order valence-electron chi connectivity index (χ1n) is 7.83. The first kappa shape index (κ1) is 15.9. The monoisotopic (exact) mass is 334 g/mol. The van der Waals surface area contributed by atoms with Gasteiger partial charge in [0.25, 0.3) is 0 Å². The van der Waals surface area contributed by atoms with Gasteiger partial charge in [0.1, 0.15) is 10.8 Å². The van der Waals surface area contributed by atoms with Crippen LogP contribution in [0, 0.1) is 5.82 Å². The van der Waals surface area contributed by atoms with Crippen LogP contribution in [0.1, 0.15) is 42.8 Å². The molecule has 1 fully saturated rings. The number of anilines is 1. The van der Waals surface area contributed by atoms with Gasteiger partial charge in [0, 0.05) is 13.0 Å². The third-order valence-corrected chi connectivity index (χ3v) is 4.79. The Kier molecular flexibility index (Phi) is 4.85. The Hall–Kier alpha value is -2.02. The number of nitrogens with zero attached hydrogens (tertiary/aromatic N) is 3. The number of hydrogen-bond donors (Lipinski definition) is 1. The molecule has 5 nitrogen and oxygen atoms in total. The lowest BCUT2D eigenvalue weighted by atomic mass is 10.0. The van der Waals surface area contributed by atoms with Crippen molar-refractivity contribution in [2.45, 2.75) is 38.6 Å². The number of urea groups is 1. The second-order valence-corrected chi connectivity index (χ2v) is 6.65. The number of nitrogens with one attached hydrogen (secondary N) is 1. The Balaban J connectivity index is 1.70. The van der Waals surface area contributed by atoms with E-state index in [1.165, 1.54) is 23.5 Å². The molecule has 1 saturated heterocycles. The maximum atomic E-state index is 13.4. The minimum absolute atomic E-state index is 0.0891. The number of rotatable bonds is 4. The Morgan fingerprint density at radius 3 is 3.13 bits per heavy atom. The van der Waals surface area contributed by atoms with E-state index in [4.69, 9.17) is 0 Å². The van der Waals surface area contributed by atoms with Crippen molar-refractivity contribution in [3.05, 3.63) is 40.7 Å². The van der Waals surface area contributed by atoms with E-state index in [0.717, 1.165) is 36.3 Å². The Labute approximate surface area is 138 Å². The predicted octanol–water partition coefficient (Wildman–Crippen LogP) is 4.00. The summed E-state index contributed by atoms with van der Waals surface area (Å²) in [6.07, 6.45) is 3.61. The molecule has 23 heavy (non-hydrogen) atoms. The van der Waals surface area contributed by atoms with E-state index in [1.807, 2.05) is 6.07 Å². The number of aryl methyl sites for hydroxylation is 1. The predicted molar refractivity (Wildman–Crippen MR) is 88.0 cm³/mol. The van der Waals surface area contributed by atoms with Crippen molar-refractivity contribution in [1.82, 2.24) is 15.1 Å². The molecule has 1 aliphatic heterocycles. The number of carbonyl (C=O) groups excluding carboxylic acids is 1. The quantitative estimate of drug-likeness (QED) is 0.919. The summed E-state index contributed by atoms with van der Waals surface area (Å²) in [4.78, 5) is 14.3. The summed E-state index contributed by atoms with van der Waals surface area (Å²) < 4.78 is 13.4. The molecule has 0 aliphatic carbocycles. The fourth-order valence-electron chi connectivity index (χ4n) is 2.85. The average molecular weight is 334 g/mol. The zero-order valence-electron chi connectivity index (χ0n) is 13.0. The third kappa shape index (κ3) is 3.67. The van der Waals surface area contributed by atoms with Gasteiger partial charge in [-0.2, -0.15) is 0 Å². The fraction of sp³-hybridized carbons (Fsp3) is 0.438. The van der Waals surface area contributed by atoms with E-state index in [0.29, 0.717) is 11.7 Å². The summed E-state index contributed by atoms with van der Waals surface area (Å²) in [6.45, 7) is 2.74. The van der Waals surface area contributed by atoms with Crippen LogP contribution in [0.15, 0.2) is 24.3 Å². The van der Waals surface area contributed by atoms with Crippen LogP contribution in [0.25, 0.3) is 0 Å². The topological polar surface area (TPSA) is 58.1 Å². The number of halogens is 1. The van der Waals surface area contributed by atoms with Crippen LogP contribution in [0.2, 0.25) is 0 Å². The van der Waals surface area contributed by atoms with Gasteiger partial charge in [-0.3, -0.25) is 5.32 Å². The molecule has 3 rings (SSSR count). The number of hydrogen-bond acceptors (Lipinski definition) is 4. The molecule has 0 spiro atoms. The van der Waals surface area contributed by atoms with E-state index in [-0.39, 0.29) is 17.9 Å². The largest absolute Gasteiger partial charge is 0.324 e. The Morgan fingerprint density at radius 2 is 2.35 bits per heavy atom. The number of amides is 2. The van der Waals surface area contributed by atoms with E-state index in [9.17, 15) is 9.18 Å². The lowest BCUT2D eigenvalue weighted by Crippen LogP contribution is -2.34. The molecule has 2 heterocycles. The van der Waals surface area contributed by atoms with Crippen LogP contribution in [-0.4, -0.2) is 27.7 Å². The number of likely N-dealkylation sites (tertiary alicyclic amines) is 1. The summed E-state index contributed by atoms with van der Waals surface area (Å²) in [5.41, 5.74) is 0.835. The molecule has 0 bridgehead atoms. The van der Waals surface area contributed by atoms with E-state index in [2.05, 4.69) is 22.4 Å². The van der Waals surface area contributed by atoms with Gasteiger partial charge in [-0.1, -0.05) is 30.4 Å². The highest BCUT2D eigenvalue weighted by molar-refractivity contribution is 7.15. The summed E-state index contributed by atoms with van der Waals surface area (Å²) in [6, 6.07) is 6.18. The van der Waals surface area contributed by atoms with Crippen LogP contribution in [0.4, 0.5) is 14.3 Å². The number of carbonyl (C=O) groups is 1. The van der Waals surface area contributed by atoms with Gasteiger partial charge in [-0.25, -0.2) is 9.18 Å². The average Bonchev–Trinajstić information content (AvgIpc) is 3.17. The zero-order chi connectivity index (χ0) is 16.2. The normalized spacial score (nSPS) is 17.5. The molecule has 0 saturated carbocycles. The molecule has 0 radical (unpaired) electrons. The van der Waals surface area contributed by atoms with Crippen LogP contribution in [0.3, 0.4) is 0 Å². The highest BCUT2D eigenvalue weighted by Crippen LogP contribution is 2.32. The molecular formula is C16H19FN4OS. The van der Waals surface area contributed by atoms with Gasteiger partial charge in [-0.05, 0) is 37.0 Å². The van der Waals surface area contributed by atoms with Crippen molar-refractivity contribution >= 4 is 22.5 Å². The smallest absolute Gasteiger partial charge is 0.317 e. The standard InChI is InChI=1S/C16H19FN4OS/c1-2-5-14-19-20-15(23-14)18-16(22)21-9-4-8-13(21)11-6-3-7-12(17)10-11/h3,6-7,10,13H,2,4-5,8-9H2,1H3,(H,18,20,22). The lowest BCUT2D eigenvalue weighted by molar-refractivity contribution is 0.207. The molecule has 1 aromatic heterocycles. The molecule has 7 heteroatoms. The highest BCUT2D eigenvalue weighted by atomic mass is 32.1. The highest BCUT2D eigenvalue weighted by Gasteiger charge is 2.30. The summed E-state index contributed by atoms with van der Waals surface area (Å²) >= 11 is 1.40. The minimum atomic E-state index is -0.275. The Morgan fingerprint density at radius 1 is 1.48 bits per heavy atom. The van der Waals surface area contributed by atoms with Gasteiger partial charge in [0.2, 0.25) is 5.13 Å². The van der Waals surface area contributed by atoms with Crippen molar-refractivity contribution in [2.24, 2.45) is 0 Å². The van der Waals surface area contributed by atoms with Gasteiger partial charge in [-0.15, -0.1) is 10.2 Å². The van der Waals surface area contributed by atoms with Crippen LogP contribution >= 0.6 is 11.3 Å².